The van der Waals surface area contributed by atoms with E-state index in [9.17, 15) is 26.8 Å². The number of carbonyl (C=O) groups is 2. The molecule has 0 aromatic rings. The highest BCUT2D eigenvalue weighted by Gasteiger charge is 2.63. The predicted molar refractivity (Wildman–Crippen MR) is 83.8 cm³/mol. The molecule has 2 saturated carbocycles. The molecule has 6 nitrogen and oxygen atoms in total. The van der Waals surface area contributed by atoms with Gasteiger partial charge in [0.1, 0.15) is 5.54 Å². The molecule has 0 radical (unpaired) electrons. The van der Waals surface area contributed by atoms with Crippen LogP contribution in [-0.2, 0) is 19.6 Å². The Labute approximate surface area is 140 Å². The summed E-state index contributed by atoms with van der Waals surface area (Å²) in [5.41, 5.74) is -1.54. The fourth-order valence-corrected chi connectivity index (χ4v) is 4.32. The van der Waals surface area contributed by atoms with Crippen molar-refractivity contribution >= 4 is 21.8 Å². The molecular formula is C15H24F2N2O4S. The molecule has 2 fully saturated rings. The van der Waals surface area contributed by atoms with E-state index in [1.807, 2.05) is 11.6 Å². The molecule has 0 aromatic carbocycles. The number of halogens is 2. The Morgan fingerprint density at radius 2 is 1.92 bits per heavy atom. The van der Waals surface area contributed by atoms with Crippen molar-refractivity contribution in [2.75, 3.05) is 0 Å². The first-order valence-corrected chi connectivity index (χ1v) is 9.80. The van der Waals surface area contributed by atoms with E-state index in [1.165, 1.54) is 6.92 Å². The number of unbranched alkanes of at least 4 members (excludes halogenated alkanes) is 1. The molecule has 2 aliphatic rings. The fourth-order valence-electron chi connectivity index (χ4n) is 2.96. The topological polar surface area (TPSA) is 92.3 Å². The zero-order valence-corrected chi connectivity index (χ0v) is 14.7. The lowest BCUT2D eigenvalue weighted by Crippen LogP contribution is -2.52. The van der Waals surface area contributed by atoms with Gasteiger partial charge in [-0.25, -0.2) is 17.2 Å². The third-order valence-electron chi connectivity index (χ3n) is 4.55. The van der Waals surface area contributed by atoms with Gasteiger partial charge in [0.25, 0.3) is 5.91 Å². The highest BCUT2D eigenvalue weighted by atomic mass is 32.2. The summed E-state index contributed by atoms with van der Waals surface area (Å²) in [6, 6.07) is 0. The van der Waals surface area contributed by atoms with Crippen LogP contribution in [0.1, 0.15) is 58.8 Å². The number of amides is 2. The van der Waals surface area contributed by atoms with Gasteiger partial charge < -0.3 is 5.32 Å². The molecular weight excluding hydrogens is 342 g/mol. The largest absolute Gasteiger partial charge is 0.342 e. The predicted octanol–water partition coefficient (Wildman–Crippen LogP) is 1.71. The highest BCUT2D eigenvalue weighted by molar-refractivity contribution is 7.90. The minimum Gasteiger partial charge on any atom is -0.342 e. The molecule has 2 rings (SSSR count). The normalized spacial score (nSPS) is 26.8. The Bertz CT molecular complexity index is 619. The summed E-state index contributed by atoms with van der Waals surface area (Å²) in [6.45, 7) is 2.99. The molecule has 138 valence electrons. The first-order valence-electron chi connectivity index (χ1n) is 8.25. The van der Waals surface area contributed by atoms with E-state index in [2.05, 4.69) is 5.32 Å². The number of nitrogens with one attached hydrogen (secondary N) is 2. The summed E-state index contributed by atoms with van der Waals surface area (Å²) < 4.78 is 53.7. The highest BCUT2D eigenvalue weighted by Crippen LogP contribution is 2.50. The van der Waals surface area contributed by atoms with Gasteiger partial charge in [-0.3, -0.25) is 14.3 Å². The van der Waals surface area contributed by atoms with Gasteiger partial charge in [0, 0.05) is 19.8 Å². The van der Waals surface area contributed by atoms with Crippen molar-refractivity contribution < 1.29 is 26.8 Å². The van der Waals surface area contributed by atoms with Crippen molar-refractivity contribution in [2.24, 2.45) is 5.92 Å². The summed E-state index contributed by atoms with van der Waals surface area (Å²) in [6.07, 6.45) is 1.18. The number of hydrogen-bond donors (Lipinski definition) is 2. The van der Waals surface area contributed by atoms with Crippen molar-refractivity contribution in [1.29, 1.82) is 0 Å². The van der Waals surface area contributed by atoms with Crippen LogP contribution in [0.3, 0.4) is 0 Å². The number of rotatable bonds is 9. The van der Waals surface area contributed by atoms with Crippen LogP contribution < -0.4 is 10.0 Å². The van der Waals surface area contributed by atoms with E-state index < -0.39 is 50.9 Å². The van der Waals surface area contributed by atoms with Crippen LogP contribution in [0, 0.1) is 5.92 Å². The van der Waals surface area contributed by atoms with Gasteiger partial charge in [-0.2, -0.15) is 0 Å². The van der Waals surface area contributed by atoms with Crippen LogP contribution in [0.4, 0.5) is 8.78 Å². The van der Waals surface area contributed by atoms with Crippen LogP contribution in [-0.4, -0.2) is 36.9 Å². The third-order valence-corrected chi connectivity index (χ3v) is 6.37. The molecule has 2 atom stereocenters. The molecule has 2 N–H and O–H groups in total. The lowest BCUT2D eigenvalue weighted by molar-refractivity contribution is -0.128. The van der Waals surface area contributed by atoms with Crippen LogP contribution in [0.15, 0.2) is 0 Å². The Morgan fingerprint density at radius 1 is 1.29 bits per heavy atom. The first-order chi connectivity index (χ1) is 11.0. The van der Waals surface area contributed by atoms with Crippen molar-refractivity contribution in [3.8, 4) is 0 Å². The minimum absolute atomic E-state index is 0.0281. The van der Waals surface area contributed by atoms with E-state index >= 15 is 0 Å². The van der Waals surface area contributed by atoms with Crippen LogP contribution in [0.25, 0.3) is 0 Å². The average Bonchev–Trinajstić information content (AvgIpc) is 3.31. The molecule has 0 aliphatic heterocycles. The zero-order chi connectivity index (χ0) is 18.2. The lowest BCUT2D eigenvalue weighted by Gasteiger charge is -2.21. The molecule has 9 heteroatoms. The molecule has 0 bridgehead atoms. The van der Waals surface area contributed by atoms with Gasteiger partial charge in [-0.05, 0) is 31.6 Å². The Kier molecular flexibility index (Phi) is 5.22. The SMILES string of the molecule is CCCCC(F)(F)CC1CC1(NC(C)=O)C(=O)NS(=O)(=O)C1CC1. The van der Waals surface area contributed by atoms with Gasteiger partial charge in [0.15, 0.2) is 0 Å². The van der Waals surface area contributed by atoms with E-state index in [-0.39, 0.29) is 12.8 Å². The van der Waals surface area contributed by atoms with Gasteiger partial charge in [-0.1, -0.05) is 13.3 Å². The number of hydrogen-bond acceptors (Lipinski definition) is 4. The van der Waals surface area contributed by atoms with Crippen LogP contribution >= 0.6 is 0 Å². The molecule has 0 aromatic heterocycles. The van der Waals surface area contributed by atoms with Crippen molar-refractivity contribution in [2.45, 2.75) is 75.5 Å². The summed E-state index contributed by atoms with van der Waals surface area (Å²) >= 11 is 0. The maximum Gasteiger partial charge on any atom is 0.259 e. The molecule has 0 heterocycles. The zero-order valence-electron chi connectivity index (χ0n) is 13.9. The van der Waals surface area contributed by atoms with Gasteiger partial charge >= 0.3 is 0 Å². The fraction of sp³-hybridized carbons (Fsp3) is 0.867. The lowest BCUT2D eigenvalue weighted by atomic mass is 10.0. The second-order valence-electron chi connectivity index (χ2n) is 6.89. The van der Waals surface area contributed by atoms with Crippen molar-refractivity contribution in [3.05, 3.63) is 0 Å². The number of sulfonamides is 1. The minimum atomic E-state index is -3.78. The van der Waals surface area contributed by atoms with E-state index in [4.69, 9.17) is 0 Å². The first kappa shape index (κ1) is 19.1. The van der Waals surface area contributed by atoms with Gasteiger partial charge in [0.2, 0.25) is 21.9 Å². The molecule has 0 saturated heterocycles. The molecule has 24 heavy (non-hydrogen) atoms. The monoisotopic (exact) mass is 366 g/mol. The summed E-state index contributed by atoms with van der Waals surface area (Å²) in [4.78, 5) is 23.7. The second kappa shape index (κ2) is 6.57. The maximum atomic E-state index is 14.0. The summed E-state index contributed by atoms with van der Waals surface area (Å²) in [7, 11) is -3.78. The third kappa shape index (κ3) is 4.43. The smallest absolute Gasteiger partial charge is 0.259 e. The Morgan fingerprint density at radius 3 is 2.42 bits per heavy atom. The molecule has 2 amide bonds. The molecule has 2 aliphatic carbocycles. The van der Waals surface area contributed by atoms with Crippen molar-refractivity contribution in [3.63, 3.8) is 0 Å². The molecule has 2 unspecified atom stereocenters. The van der Waals surface area contributed by atoms with Crippen molar-refractivity contribution in [1.82, 2.24) is 10.0 Å². The quantitative estimate of drug-likeness (QED) is 0.650. The van der Waals surface area contributed by atoms with Crippen LogP contribution in [0.2, 0.25) is 0 Å². The Balaban J connectivity index is 2.06. The second-order valence-corrected chi connectivity index (χ2v) is 8.85. The summed E-state index contributed by atoms with van der Waals surface area (Å²) in [5.74, 6) is -5.15. The number of alkyl halides is 2. The van der Waals surface area contributed by atoms with E-state index in [0.29, 0.717) is 25.7 Å². The average molecular weight is 366 g/mol. The molecule has 0 spiro atoms. The van der Waals surface area contributed by atoms with E-state index in [0.717, 1.165) is 0 Å². The summed E-state index contributed by atoms with van der Waals surface area (Å²) in [5, 5.41) is 1.79. The van der Waals surface area contributed by atoms with Gasteiger partial charge in [0.05, 0.1) is 5.25 Å². The van der Waals surface area contributed by atoms with Gasteiger partial charge in [-0.15, -0.1) is 0 Å². The number of carbonyl (C=O) groups excluding carboxylic acids is 2. The van der Waals surface area contributed by atoms with E-state index in [1.54, 1.807) is 0 Å². The Hall–Kier alpha value is -1.25. The van der Waals surface area contributed by atoms with Crippen LogP contribution in [0.5, 0.6) is 0 Å². The maximum absolute atomic E-state index is 14.0. The standard InChI is InChI=1S/C15H24F2N2O4S/c1-3-4-7-14(16,17)8-11-9-15(11,18-10(2)20)13(21)19-24(22,23)12-5-6-12/h11-12H,3-9H2,1-2H3,(H,18,20)(H,19,21).